The molecule has 0 spiro atoms. The Kier molecular flexibility index (Phi) is 1.34. The quantitative estimate of drug-likeness (QED) is 0.559. The summed E-state index contributed by atoms with van der Waals surface area (Å²) in [5.74, 6) is -0.577. The molecule has 0 aliphatic rings. The summed E-state index contributed by atoms with van der Waals surface area (Å²) in [6.07, 6.45) is 2.53. The van der Waals surface area contributed by atoms with Crippen molar-refractivity contribution in [3.05, 3.63) is 23.6 Å². The minimum atomic E-state index is -0.480. The Morgan fingerprint density at radius 3 is 2.89 bits per heavy atom. The van der Waals surface area contributed by atoms with Crippen LogP contribution in [0.1, 0.15) is 5.56 Å². The average molecular weight is 125 g/mol. The van der Waals surface area contributed by atoms with Gasteiger partial charge >= 0.3 is 0 Å². The first-order chi connectivity index (χ1) is 4.20. The van der Waals surface area contributed by atoms with Gasteiger partial charge in [0.05, 0.1) is 6.20 Å². The first kappa shape index (κ1) is 6.01. The summed E-state index contributed by atoms with van der Waals surface area (Å²) in [6.45, 7) is 1.70. The summed E-state index contributed by atoms with van der Waals surface area (Å²) in [4.78, 5) is 3.46. The monoisotopic (exact) mass is 125 g/mol. The van der Waals surface area contributed by atoms with Gasteiger partial charge in [-0.2, -0.15) is 0 Å². The van der Waals surface area contributed by atoms with Crippen LogP contribution in [0.5, 0.6) is 0 Å². The Bertz CT molecular complexity index is 222. The molecular formula is C6H6FN2. The normalized spacial score (nSPS) is 9.56. The molecular weight excluding hydrogens is 119 g/mol. The van der Waals surface area contributed by atoms with Gasteiger partial charge in [0.2, 0.25) is 0 Å². The molecule has 1 aromatic heterocycles. The molecule has 0 bridgehead atoms. The highest BCUT2D eigenvalue weighted by Gasteiger charge is 1.96. The van der Waals surface area contributed by atoms with Crippen LogP contribution in [0.15, 0.2) is 6.07 Å². The molecule has 2 N–H and O–H groups in total. The lowest BCUT2D eigenvalue weighted by atomic mass is 10.3. The number of hydrogen-bond acceptors (Lipinski definition) is 2. The van der Waals surface area contributed by atoms with Gasteiger partial charge in [0.1, 0.15) is 0 Å². The van der Waals surface area contributed by atoms with E-state index >= 15 is 0 Å². The summed E-state index contributed by atoms with van der Waals surface area (Å²) in [7, 11) is 0. The van der Waals surface area contributed by atoms with Crippen molar-refractivity contribution in [1.29, 1.82) is 0 Å². The fourth-order valence-electron chi connectivity index (χ4n) is 0.498. The number of aryl methyl sites for hydroxylation is 1. The first-order valence-corrected chi connectivity index (χ1v) is 2.50. The molecule has 0 aliphatic heterocycles. The summed E-state index contributed by atoms with van der Waals surface area (Å²) >= 11 is 0. The summed E-state index contributed by atoms with van der Waals surface area (Å²) < 4.78 is 12.4. The zero-order valence-corrected chi connectivity index (χ0v) is 4.98. The number of hydrogen-bond donors (Lipinski definition) is 1. The van der Waals surface area contributed by atoms with Crippen molar-refractivity contribution in [2.24, 2.45) is 0 Å². The van der Waals surface area contributed by atoms with E-state index in [0.29, 0.717) is 5.56 Å². The van der Waals surface area contributed by atoms with E-state index in [1.807, 2.05) is 0 Å². The largest absolute Gasteiger partial charge is 0.381 e. The number of nitrogens with two attached hydrogens (primary N) is 1. The van der Waals surface area contributed by atoms with Crippen LogP contribution < -0.4 is 5.73 Å². The third kappa shape index (κ3) is 1.16. The number of rotatable bonds is 0. The van der Waals surface area contributed by atoms with Crippen molar-refractivity contribution in [3.63, 3.8) is 0 Å². The van der Waals surface area contributed by atoms with Gasteiger partial charge in [-0.05, 0) is 18.6 Å². The number of anilines is 1. The molecule has 0 aromatic carbocycles. The SMILES string of the molecule is Cc1[c]nc(N)c(F)c1. The number of nitrogens with zero attached hydrogens (tertiary/aromatic N) is 1. The van der Waals surface area contributed by atoms with E-state index in [-0.39, 0.29) is 5.82 Å². The highest BCUT2D eigenvalue weighted by Crippen LogP contribution is 2.05. The molecule has 9 heavy (non-hydrogen) atoms. The third-order valence-electron chi connectivity index (χ3n) is 0.941. The van der Waals surface area contributed by atoms with E-state index < -0.39 is 5.82 Å². The van der Waals surface area contributed by atoms with Gasteiger partial charge in [-0.25, -0.2) is 9.37 Å². The van der Waals surface area contributed by atoms with Crippen molar-refractivity contribution in [3.8, 4) is 0 Å². The molecule has 3 heteroatoms. The van der Waals surface area contributed by atoms with Crippen molar-refractivity contribution in [1.82, 2.24) is 4.98 Å². The van der Waals surface area contributed by atoms with Crippen LogP contribution in [0.2, 0.25) is 0 Å². The maximum atomic E-state index is 12.4. The van der Waals surface area contributed by atoms with Crippen LogP contribution >= 0.6 is 0 Å². The zero-order chi connectivity index (χ0) is 6.85. The number of aromatic nitrogens is 1. The van der Waals surface area contributed by atoms with Gasteiger partial charge in [0.15, 0.2) is 11.6 Å². The van der Waals surface area contributed by atoms with E-state index in [9.17, 15) is 4.39 Å². The molecule has 1 rings (SSSR count). The second-order valence-electron chi connectivity index (χ2n) is 1.78. The minimum absolute atomic E-state index is 0.0967. The fourth-order valence-corrected chi connectivity index (χ4v) is 0.498. The fraction of sp³-hybridized carbons (Fsp3) is 0.167. The predicted octanol–water partition coefficient (Wildman–Crippen LogP) is 0.912. The molecule has 0 amide bonds. The first-order valence-electron chi connectivity index (χ1n) is 2.50. The highest BCUT2D eigenvalue weighted by molar-refractivity contribution is 5.30. The second kappa shape index (κ2) is 2.01. The average Bonchev–Trinajstić information content (AvgIpc) is 1.80. The molecule has 0 saturated heterocycles. The second-order valence-corrected chi connectivity index (χ2v) is 1.78. The lowest BCUT2D eigenvalue weighted by Gasteiger charge is -1.93. The van der Waals surface area contributed by atoms with Gasteiger partial charge in [0.25, 0.3) is 0 Å². The number of halogens is 1. The van der Waals surface area contributed by atoms with Crippen LogP contribution in [-0.2, 0) is 0 Å². The number of pyridine rings is 1. The van der Waals surface area contributed by atoms with E-state index in [1.165, 1.54) is 6.07 Å². The Morgan fingerprint density at radius 2 is 2.44 bits per heavy atom. The maximum Gasteiger partial charge on any atom is 0.165 e. The van der Waals surface area contributed by atoms with Crippen molar-refractivity contribution in [2.75, 3.05) is 5.73 Å². The summed E-state index contributed by atoms with van der Waals surface area (Å²) in [6, 6.07) is 1.29. The molecule has 0 atom stereocenters. The standard InChI is InChI=1S/C6H6FN2/c1-4-2-5(7)6(8)9-3-4/h2H,1H3,(H2,8,9). The maximum absolute atomic E-state index is 12.4. The summed E-state index contributed by atoms with van der Waals surface area (Å²) in [5.41, 5.74) is 5.73. The molecule has 0 saturated carbocycles. The van der Waals surface area contributed by atoms with Gasteiger partial charge in [-0.15, -0.1) is 0 Å². The van der Waals surface area contributed by atoms with E-state index in [2.05, 4.69) is 11.2 Å². The lowest BCUT2D eigenvalue weighted by Crippen LogP contribution is -1.94. The molecule has 0 unspecified atom stereocenters. The number of nitrogen functional groups attached to an aromatic ring is 1. The molecule has 0 fully saturated rings. The van der Waals surface area contributed by atoms with Gasteiger partial charge in [-0.1, -0.05) is 0 Å². The predicted molar refractivity (Wildman–Crippen MR) is 32.2 cm³/mol. The summed E-state index contributed by atoms with van der Waals surface area (Å²) in [5, 5.41) is 0. The van der Waals surface area contributed by atoms with Crippen LogP contribution in [-0.4, -0.2) is 4.98 Å². The van der Waals surface area contributed by atoms with Crippen LogP contribution in [0, 0.1) is 18.9 Å². The Hall–Kier alpha value is -1.12. The van der Waals surface area contributed by atoms with Crippen LogP contribution in [0.3, 0.4) is 0 Å². The van der Waals surface area contributed by atoms with Gasteiger partial charge < -0.3 is 5.73 Å². The third-order valence-corrected chi connectivity index (χ3v) is 0.941. The minimum Gasteiger partial charge on any atom is -0.381 e. The highest BCUT2D eigenvalue weighted by atomic mass is 19.1. The van der Waals surface area contributed by atoms with E-state index in [0.717, 1.165) is 0 Å². The van der Waals surface area contributed by atoms with E-state index in [4.69, 9.17) is 5.73 Å². The van der Waals surface area contributed by atoms with Crippen molar-refractivity contribution in [2.45, 2.75) is 6.92 Å². The molecule has 0 aliphatic carbocycles. The topological polar surface area (TPSA) is 38.9 Å². The molecule has 1 heterocycles. The van der Waals surface area contributed by atoms with Gasteiger partial charge in [-0.3, -0.25) is 0 Å². The Balaban J connectivity index is 3.17. The Labute approximate surface area is 52.5 Å². The van der Waals surface area contributed by atoms with Crippen LogP contribution in [0.25, 0.3) is 0 Å². The molecule has 1 radical (unpaired) electrons. The Morgan fingerprint density at radius 1 is 1.78 bits per heavy atom. The lowest BCUT2D eigenvalue weighted by molar-refractivity contribution is 0.625. The van der Waals surface area contributed by atoms with Crippen molar-refractivity contribution < 1.29 is 4.39 Å². The smallest absolute Gasteiger partial charge is 0.165 e. The van der Waals surface area contributed by atoms with Crippen LogP contribution in [0.4, 0.5) is 10.2 Å². The molecule has 1 aromatic rings. The van der Waals surface area contributed by atoms with Gasteiger partial charge in [0, 0.05) is 0 Å². The molecule has 47 valence electrons. The zero-order valence-electron chi connectivity index (χ0n) is 4.98. The van der Waals surface area contributed by atoms with Crippen molar-refractivity contribution >= 4 is 5.82 Å². The molecule has 2 nitrogen and oxygen atoms in total. The van der Waals surface area contributed by atoms with E-state index in [1.54, 1.807) is 6.92 Å².